The van der Waals surface area contributed by atoms with Gasteiger partial charge in [0.2, 0.25) is 0 Å². The van der Waals surface area contributed by atoms with Crippen LogP contribution in [0, 0.1) is 0 Å². The van der Waals surface area contributed by atoms with Crippen LogP contribution in [0.4, 0.5) is 13.2 Å². The highest BCUT2D eigenvalue weighted by molar-refractivity contribution is 5.83. The van der Waals surface area contributed by atoms with Crippen LogP contribution >= 0.6 is 0 Å². The van der Waals surface area contributed by atoms with Crippen molar-refractivity contribution in [2.45, 2.75) is 25.9 Å². The van der Waals surface area contributed by atoms with Gasteiger partial charge < -0.3 is 4.42 Å². The zero-order chi connectivity index (χ0) is 17.5. The predicted octanol–water partition coefficient (Wildman–Crippen LogP) is 5.60. The Morgan fingerprint density at radius 1 is 0.958 bits per heavy atom. The Kier molecular flexibility index (Phi) is 3.95. The third kappa shape index (κ3) is 2.94. The van der Waals surface area contributed by atoms with Crippen molar-refractivity contribution in [2.24, 2.45) is 0 Å². The van der Waals surface area contributed by atoms with Gasteiger partial charge in [0.15, 0.2) is 5.43 Å². The van der Waals surface area contributed by atoms with E-state index in [2.05, 4.69) is 0 Å². The first kappa shape index (κ1) is 16.3. The molecule has 0 unspecified atom stereocenters. The van der Waals surface area contributed by atoms with E-state index in [0.29, 0.717) is 27.7 Å². The van der Waals surface area contributed by atoms with Gasteiger partial charge in [0.1, 0.15) is 5.58 Å². The van der Waals surface area contributed by atoms with E-state index in [1.807, 2.05) is 13.8 Å². The summed E-state index contributed by atoms with van der Waals surface area (Å²) in [4.78, 5) is 12.5. The van der Waals surface area contributed by atoms with Gasteiger partial charge in [0.25, 0.3) is 0 Å². The lowest BCUT2D eigenvalue weighted by atomic mass is 9.99. The molecule has 1 aromatic heterocycles. The molecule has 0 aliphatic rings. The van der Waals surface area contributed by atoms with Crippen molar-refractivity contribution in [1.82, 2.24) is 0 Å². The second-order valence-electron chi connectivity index (χ2n) is 5.96. The Morgan fingerprint density at radius 2 is 1.58 bits per heavy atom. The summed E-state index contributed by atoms with van der Waals surface area (Å²) in [5, 5.41) is 0.429. The number of hydrogen-bond donors (Lipinski definition) is 0. The average Bonchev–Trinajstić information content (AvgIpc) is 2.54. The summed E-state index contributed by atoms with van der Waals surface area (Å²) in [5.74, 6) is 0.0281. The van der Waals surface area contributed by atoms with E-state index in [0.717, 1.165) is 12.1 Å². The maximum absolute atomic E-state index is 12.6. The summed E-state index contributed by atoms with van der Waals surface area (Å²) in [6, 6.07) is 9.92. The van der Waals surface area contributed by atoms with Gasteiger partial charge >= 0.3 is 6.18 Å². The Labute approximate surface area is 136 Å². The van der Waals surface area contributed by atoms with E-state index in [4.69, 9.17) is 4.42 Å². The number of halogens is 3. The normalized spacial score (nSPS) is 12.1. The smallest absolute Gasteiger partial charge is 0.416 e. The summed E-state index contributed by atoms with van der Waals surface area (Å²) in [5.41, 5.74) is 1.50. The zero-order valence-corrected chi connectivity index (χ0v) is 13.1. The molecule has 2 aromatic carbocycles. The quantitative estimate of drug-likeness (QED) is 0.611. The molecule has 0 aliphatic heterocycles. The monoisotopic (exact) mass is 332 g/mol. The van der Waals surface area contributed by atoms with E-state index < -0.39 is 11.7 Å². The fourth-order valence-electron chi connectivity index (χ4n) is 2.58. The third-order valence-corrected chi connectivity index (χ3v) is 3.97. The Balaban J connectivity index is 2.10. The van der Waals surface area contributed by atoms with Gasteiger partial charge in [0, 0.05) is 5.56 Å². The fourth-order valence-corrected chi connectivity index (χ4v) is 2.58. The van der Waals surface area contributed by atoms with Crippen molar-refractivity contribution in [2.75, 3.05) is 0 Å². The van der Waals surface area contributed by atoms with Gasteiger partial charge in [-0.05, 0) is 41.3 Å². The summed E-state index contributed by atoms with van der Waals surface area (Å²) >= 11 is 0. The molecule has 0 atom stereocenters. The van der Waals surface area contributed by atoms with Crippen molar-refractivity contribution in [3.05, 3.63) is 70.1 Å². The highest BCUT2D eigenvalue weighted by Crippen LogP contribution is 2.31. The molecule has 0 N–H and O–H groups in total. The van der Waals surface area contributed by atoms with Crippen molar-refractivity contribution in [3.8, 4) is 11.1 Å². The molecule has 24 heavy (non-hydrogen) atoms. The van der Waals surface area contributed by atoms with E-state index in [-0.39, 0.29) is 11.3 Å². The molecule has 2 nitrogen and oxygen atoms in total. The molecule has 0 amide bonds. The van der Waals surface area contributed by atoms with Crippen LogP contribution in [0.2, 0.25) is 0 Å². The molecule has 3 rings (SSSR count). The molecule has 5 heteroatoms. The van der Waals surface area contributed by atoms with Crippen molar-refractivity contribution in [1.29, 1.82) is 0 Å². The minimum atomic E-state index is -4.37. The molecule has 124 valence electrons. The van der Waals surface area contributed by atoms with Gasteiger partial charge in [-0.25, -0.2) is 0 Å². The van der Waals surface area contributed by atoms with Crippen molar-refractivity contribution >= 4 is 11.0 Å². The van der Waals surface area contributed by atoms with Crippen LogP contribution in [0.5, 0.6) is 0 Å². The third-order valence-electron chi connectivity index (χ3n) is 3.97. The first-order valence-electron chi connectivity index (χ1n) is 7.50. The Morgan fingerprint density at radius 3 is 2.17 bits per heavy atom. The molecule has 0 radical (unpaired) electrons. The molecular weight excluding hydrogens is 317 g/mol. The number of fused-ring (bicyclic) bond motifs is 1. The molecular formula is C19H15F3O2. The van der Waals surface area contributed by atoms with Crippen LogP contribution in [-0.2, 0) is 6.18 Å². The molecule has 0 aliphatic carbocycles. The summed E-state index contributed by atoms with van der Waals surface area (Å²) in [6.07, 6.45) is -2.90. The number of alkyl halides is 3. The second kappa shape index (κ2) is 5.82. The van der Waals surface area contributed by atoms with Gasteiger partial charge in [-0.3, -0.25) is 4.79 Å². The number of benzene rings is 2. The predicted molar refractivity (Wildman–Crippen MR) is 87.0 cm³/mol. The molecule has 0 fully saturated rings. The lowest BCUT2D eigenvalue weighted by molar-refractivity contribution is -0.137. The Hall–Kier alpha value is -2.56. The minimum absolute atomic E-state index is 0.0281. The Bertz CT molecular complexity index is 935. The van der Waals surface area contributed by atoms with E-state index in [1.54, 1.807) is 18.2 Å². The van der Waals surface area contributed by atoms with Gasteiger partial charge in [-0.2, -0.15) is 13.2 Å². The van der Waals surface area contributed by atoms with E-state index in [9.17, 15) is 18.0 Å². The zero-order valence-electron chi connectivity index (χ0n) is 13.1. The van der Waals surface area contributed by atoms with Crippen LogP contribution < -0.4 is 5.43 Å². The summed E-state index contributed by atoms with van der Waals surface area (Å²) < 4.78 is 43.4. The van der Waals surface area contributed by atoms with Crippen LogP contribution in [-0.4, -0.2) is 0 Å². The van der Waals surface area contributed by atoms with Crippen molar-refractivity contribution < 1.29 is 17.6 Å². The number of hydrogen-bond acceptors (Lipinski definition) is 2. The van der Waals surface area contributed by atoms with E-state index in [1.165, 1.54) is 18.4 Å². The lowest BCUT2D eigenvalue weighted by Crippen LogP contribution is -2.10. The first-order chi connectivity index (χ1) is 11.3. The second-order valence-corrected chi connectivity index (χ2v) is 5.96. The average molecular weight is 332 g/mol. The van der Waals surface area contributed by atoms with Crippen LogP contribution in [0.1, 0.15) is 30.9 Å². The molecule has 0 saturated heterocycles. The maximum Gasteiger partial charge on any atom is 0.416 e. The molecule has 1 heterocycles. The first-order valence-corrected chi connectivity index (χ1v) is 7.50. The van der Waals surface area contributed by atoms with Crippen LogP contribution in [0.3, 0.4) is 0 Å². The highest BCUT2D eigenvalue weighted by Gasteiger charge is 2.29. The van der Waals surface area contributed by atoms with E-state index >= 15 is 0 Å². The minimum Gasteiger partial charge on any atom is -0.464 e. The molecule has 0 bridgehead atoms. The van der Waals surface area contributed by atoms with Crippen LogP contribution in [0.25, 0.3) is 22.1 Å². The maximum atomic E-state index is 12.6. The number of rotatable bonds is 2. The summed E-state index contributed by atoms with van der Waals surface area (Å²) in [7, 11) is 0. The van der Waals surface area contributed by atoms with Gasteiger partial charge in [-0.15, -0.1) is 0 Å². The summed E-state index contributed by atoms with van der Waals surface area (Å²) in [6.45, 7) is 3.80. The van der Waals surface area contributed by atoms with Crippen LogP contribution in [0.15, 0.2) is 57.9 Å². The largest absolute Gasteiger partial charge is 0.464 e. The molecule has 0 saturated carbocycles. The molecule has 3 aromatic rings. The standard InChI is InChI=1S/C19H15F3O2/c1-11(2)16-10-24-17-8-5-13(9-15(17)18(16)23)12-3-6-14(7-4-12)19(20,21)22/h3-11H,1-2H3. The fraction of sp³-hybridized carbons (Fsp3) is 0.211. The SMILES string of the molecule is CC(C)c1coc2ccc(-c3ccc(C(F)(F)F)cc3)cc2c1=O. The lowest BCUT2D eigenvalue weighted by Gasteiger charge is -2.09. The van der Waals surface area contributed by atoms with Crippen molar-refractivity contribution in [3.63, 3.8) is 0 Å². The van der Waals surface area contributed by atoms with Gasteiger partial charge in [0.05, 0.1) is 17.2 Å². The highest BCUT2D eigenvalue weighted by atomic mass is 19.4. The topological polar surface area (TPSA) is 30.2 Å². The molecule has 0 spiro atoms. The van der Waals surface area contributed by atoms with Gasteiger partial charge in [-0.1, -0.05) is 32.0 Å².